The van der Waals surface area contributed by atoms with Gasteiger partial charge in [-0.2, -0.15) is 0 Å². The van der Waals surface area contributed by atoms with Gasteiger partial charge in [0.15, 0.2) is 6.10 Å². The van der Waals surface area contributed by atoms with Gasteiger partial charge in [-0.3, -0.25) is 4.79 Å². The molecule has 1 amide bonds. The molecule has 25 heavy (non-hydrogen) atoms. The molecule has 1 N–H and O–H groups in total. The third-order valence-corrected chi connectivity index (χ3v) is 4.81. The van der Waals surface area contributed by atoms with Gasteiger partial charge in [0.25, 0.3) is 5.91 Å². The minimum absolute atomic E-state index is 0.0214. The molecule has 2 aromatic carbocycles. The Morgan fingerprint density at radius 1 is 1.16 bits per heavy atom. The lowest BCUT2D eigenvalue weighted by molar-refractivity contribution is -0.128. The number of hydrogen-bond donors (Lipinski definition) is 1. The van der Waals surface area contributed by atoms with E-state index in [1.54, 1.807) is 0 Å². The van der Waals surface area contributed by atoms with Crippen LogP contribution in [0, 0.1) is 0 Å². The Balaban J connectivity index is 1.59. The van der Waals surface area contributed by atoms with Gasteiger partial charge in [-0.05, 0) is 50.0 Å². The van der Waals surface area contributed by atoms with E-state index in [1.807, 2.05) is 37.3 Å². The fourth-order valence-corrected chi connectivity index (χ4v) is 3.37. The highest BCUT2D eigenvalue weighted by atomic mass is 16.5. The number of benzene rings is 2. The van der Waals surface area contributed by atoms with Crippen molar-refractivity contribution < 1.29 is 9.53 Å². The number of ether oxygens (including phenoxy) is 1. The minimum atomic E-state index is -0.453. The normalized spacial score (nSPS) is 15.5. The van der Waals surface area contributed by atoms with Crippen LogP contribution in [0.25, 0.3) is 10.8 Å². The van der Waals surface area contributed by atoms with E-state index in [2.05, 4.69) is 23.5 Å². The van der Waals surface area contributed by atoms with Gasteiger partial charge in [0.05, 0.1) is 0 Å². The number of amides is 1. The molecule has 2 aromatic rings. The van der Waals surface area contributed by atoms with Crippen molar-refractivity contribution in [1.82, 2.24) is 5.32 Å². The van der Waals surface area contributed by atoms with Crippen molar-refractivity contribution in [3.05, 3.63) is 54.1 Å². The van der Waals surface area contributed by atoms with E-state index in [-0.39, 0.29) is 5.91 Å². The van der Waals surface area contributed by atoms with E-state index in [1.165, 1.54) is 31.3 Å². The van der Waals surface area contributed by atoms with Gasteiger partial charge in [-0.15, -0.1) is 0 Å². The first kappa shape index (κ1) is 17.5. The molecule has 1 aliphatic rings. The Morgan fingerprint density at radius 2 is 2.00 bits per heavy atom. The maximum absolute atomic E-state index is 12.5. The second-order valence-corrected chi connectivity index (χ2v) is 6.64. The average molecular weight is 337 g/mol. The molecule has 0 fully saturated rings. The summed E-state index contributed by atoms with van der Waals surface area (Å²) in [6, 6.07) is 14.1. The monoisotopic (exact) mass is 337 g/mol. The summed E-state index contributed by atoms with van der Waals surface area (Å²) in [6.45, 7) is 2.68. The molecule has 0 spiro atoms. The third kappa shape index (κ3) is 4.62. The highest BCUT2D eigenvalue weighted by Crippen LogP contribution is 2.26. The second-order valence-electron chi connectivity index (χ2n) is 6.64. The molecule has 0 aromatic heterocycles. The number of hydrogen-bond acceptors (Lipinski definition) is 2. The minimum Gasteiger partial charge on any atom is -0.480 e. The average Bonchev–Trinajstić information content (AvgIpc) is 2.67. The van der Waals surface area contributed by atoms with Gasteiger partial charge in [0.1, 0.15) is 5.75 Å². The molecule has 1 atom stereocenters. The van der Waals surface area contributed by atoms with Crippen LogP contribution in [0.1, 0.15) is 45.4 Å². The Bertz CT molecular complexity index is 745. The number of carbonyl (C=O) groups is 1. The first-order valence-electron chi connectivity index (χ1n) is 9.38. The van der Waals surface area contributed by atoms with Gasteiger partial charge >= 0.3 is 0 Å². The predicted molar refractivity (Wildman–Crippen MR) is 103 cm³/mol. The van der Waals surface area contributed by atoms with Gasteiger partial charge in [0, 0.05) is 11.9 Å². The molecular weight excluding hydrogens is 310 g/mol. The summed E-state index contributed by atoms with van der Waals surface area (Å²) in [6.07, 6.45) is 8.43. The predicted octanol–water partition coefficient (Wildman–Crippen LogP) is 5.00. The van der Waals surface area contributed by atoms with Crippen LogP contribution < -0.4 is 10.1 Å². The quantitative estimate of drug-likeness (QED) is 0.722. The van der Waals surface area contributed by atoms with E-state index >= 15 is 0 Å². The van der Waals surface area contributed by atoms with Crippen LogP contribution in [0.5, 0.6) is 5.75 Å². The summed E-state index contributed by atoms with van der Waals surface area (Å²) < 4.78 is 6.05. The van der Waals surface area contributed by atoms with E-state index in [0.29, 0.717) is 13.0 Å². The van der Waals surface area contributed by atoms with Crippen LogP contribution >= 0.6 is 0 Å². The smallest absolute Gasteiger partial charge is 0.261 e. The molecule has 0 radical (unpaired) electrons. The summed E-state index contributed by atoms with van der Waals surface area (Å²) in [4.78, 5) is 12.5. The van der Waals surface area contributed by atoms with Crippen LogP contribution in [0.4, 0.5) is 0 Å². The fourth-order valence-electron chi connectivity index (χ4n) is 3.37. The number of carbonyl (C=O) groups excluding carboxylic acids is 1. The molecule has 0 heterocycles. The molecular formula is C22H27NO2. The summed E-state index contributed by atoms with van der Waals surface area (Å²) in [5.41, 5.74) is 1.48. The van der Waals surface area contributed by atoms with Crippen LogP contribution in [0.15, 0.2) is 54.1 Å². The van der Waals surface area contributed by atoms with Crippen LogP contribution in [-0.2, 0) is 4.79 Å². The molecule has 3 rings (SSSR count). The summed E-state index contributed by atoms with van der Waals surface area (Å²) in [5.74, 6) is 0.752. The summed E-state index contributed by atoms with van der Waals surface area (Å²) >= 11 is 0. The standard InChI is InChI=1S/C22H27NO2/c1-2-20(22(24)23-16-15-17-9-4-3-5-10-17)25-21-14-8-12-18-11-6-7-13-19(18)21/h6-9,11-14,20H,2-5,10,15-16H2,1H3,(H,23,24)/t20-/m0/s1. The van der Waals surface area contributed by atoms with E-state index in [0.717, 1.165) is 22.9 Å². The van der Waals surface area contributed by atoms with Gasteiger partial charge in [-0.1, -0.05) is 55.0 Å². The molecule has 0 aliphatic heterocycles. The second kappa shape index (κ2) is 8.70. The lowest BCUT2D eigenvalue weighted by Gasteiger charge is -2.19. The largest absolute Gasteiger partial charge is 0.480 e. The van der Waals surface area contributed by atoms with Crippen molar-refractivity contribution in [1.29, 1.82) is 0 Å². The Labute approximate surface area is 150 Å². The first-order valence-corrected chi connectivity index (χ1v) is 9.38. The van der Waals surface area contributed by atoms with Crippen molar-refractivity contribution in [3.63, 3.8) is 0 Å². The SMILES string of the molecule is CC[C@H](Oc1cccc2ccccc12)C(=O)NCCC1=CCCCC1. The van der Waals surface area contributed by atoms with Crippen molar-refractivity contribution in [3.8, 4) is 5.75 Å². The molecule has 3 nitrogen and oxygen atoms in total. The maximum Gasteiger partial charge on any atom is 0.261 e. The molecule has 0 saturated heterocycles. The Hall–Kier alpha value is -2.29. The van der Waals surface area contributed by atoms with Crippen molar-refractivity contribution in [2.45, 2.75) is 51.6 Å². The van der Waals surface area contributed by atoms with Gasteiger partial charge < -0.3 is 10.1 Å². The zero-order chi connectivity index (χ0) is 17.5. The number of allylic oxidation sites excluding steroid dienone is 1. The van der Waals surface area contributed by atoms with Crippen molar-refractivity contribution >= 4 is 16.7 Å². The topological polar surface area (TPSA) is 38.3 Å². The maximum atomic E-state index is 12.5. The zero-order valence-corrected chi connectivity index (χ0v) is 15.0. The number of rotatable bonds is 7. The highest BCUT2D eigenvalue weighted by molar-refractivity contribution is 5.89. The molecule has 0 saturated carbocycles. The number of fused-ring (bicyclic) bond motifs is 1. The third-order valence-electron chi connectivity index (χ3n) is 4.81. The lowest BCUT2D eigenvalue weighted by Crippen LogP contribution is -2.38. The fraction of sp³-hybridized carbons (Fsp3) is 0.409. The highest BCUT2D eigenvalue weighted by Gasteiger charge is 2.19. The molecule has 0 unspecified atom stereocenters. The Morgan fingerprint density at radius 3 is 2.80 bits per heavy atom. The molecule has 132 valence electrons. The molecule has 0 bridgehead atoms. The number of nitrogens with one attached hydrogen (secondary N) is 1. The van der Waals surface area contributed by atoms with Crippen LogP contribution in [-0.4, -0.2) is 18.6 Å². The summed E-state index contributed by atoms with van der Waals surface area (Å²) in [5, 5.41) is 5.21. The van der Waals surface area contributed by atoms with Gasteiger partial charge in [0.2, 0.25) is 0 Å². The molecule has 1 aliphatic carbocycles. The van der Waals surface area contributed by atoms with Gasteiger partial charge in [-0.25, -0.2) is 0 Å². The Kier molecular flexibility index (Phi) is 6.10. The van der Waals surface area contributed by atoms with E-state index in [4.69, 9.17) is 4.74 Å². The van der Waals surface area contributed by atoms with E-state index in [9.17, 15) is 4.79 Å². The summed E-state index contributed by atoms with van der Waals surface area (Å²) in [7, 11) is 0. The zero-order valence-electron chi connectivity index (χ0n) is 15.0. The first-order chi connectivity index (χ1) is 12.3. The van der Waals surface area contributed by atoms with E-state index < -0.39 is 6.10 Å². The van der Waals surface area contributed by atoms with Crippen molar-refractivity contribution in [2.24, 2.45) is 0 Å². The van der Waals surface area contributed by atoms with Crippen LogP contribution in [0.3, 0.4) is 0 Å². The van der Waals surface area contributed by atoms with Crippen molar-refractivity contribution in [2.75, 3.05) is 6.54 Å². The van der Waals surface area contributed by atoms with Crippen LogP contribution in [0.2, 0.25) is 0 Å². The molecule has 3 heteroatoms. The lowest BCUT2D eigenvalue weighted by atomic mass is 9.97.